The molecule has 0 bridgehead atoms. The van der Waals surface area contributed by atoms with Gasteiger partial charge in [0.05, 0.1) is 0 Å². The van der Waals surface area contributed by atoms with Crippen molar-refractivity contribution in [3.63, 3.8) is 0 Å². The normalized spacial score (nSPS) is 11.5. The topological polar surface area (TPSA) is 63.0 Å². The van der Waals surface area contributed by atoms with Crippen LogP contribution in [0.1, 0.15) is 36.6 Å². The Bertz CT molecular complexity index is 866. The Morgan fingerprint density at radius 1 is 1.27 bits per heavy atom. The minimum atomic E-state index is -0.140. The summed E-state index contributed by atoms with van der Waals surface area (Å²) in [6.45, 7) is 6.20. The molecule has 114 valence electrons. The van der Waals surface area contributed by atoms with Gasteiger partial charge < -0.3 is 0 Å². The number of fused-ring (bicyclic) bond motifs is 1. The number of aromatic nitrogens is 4. The van der Waals surface area contributed by atoms with Crippen LogP contribution in [0.5, 0.6) is 0 Å². The van der Waals surface area contributed by atoms with Crippen LogP contribution in [0.2, 0.25) is 0 Å². The van der Waals surface area contributed by atoms with Gasteiger partial charge in [-0.05, 0) is 18.4 Å². The Hall–Kier alpha value is -2.08. The lowest BCUT2D eigenvalue weighted by atomic mass is 10.1. The molecule has 0 atom stereocenters. The van der Waals surface area contributed by atoms with Gasteiger partial charge in [-0.2, -0.15) is 0 Å². The molecule has 1 N–H and O–H groups in total. The molecule has 0 saturated carbocycles. The van der Waals surface area contributed by atoms with Gasteiger partial charge in [-0.3, -0.25) is 14.2 Å². The van der Waals surface area contributed by atoms with Crippen LogP contribution in [-0.2, 0) is 5.75 Å². The van der Waals surface area contributed by atoms with Crippen molar-refractivity contribution < 1.29 is 0 Å². The van der Waals surface area contributed by atoms with Crippen molar-refractivity contribution in [2.75, 3.05) is 0 Å². The van der Waals surface area contributed by atoms with Crippen LogP contribution in [0.15, 0.2) is 40.3 Å². The standard InChI is InChI=1S/C16H18N4OS/c1-10(2)13-8-14(21)17-15-18-19-16(20(13)15)22-9-12-6-4-5-11(3)7-12/h4-8,10H,9H2,1-3H3,(H,17,18,21). The molecule has 0 aliphatic rings. The number of H-pyrrole nitrogens is 1. The van der Waals surface area contributed by atoms with Gasteiger partial charge in [0.2, 0.25) is 5.78 Å². The molecular formula is C16H18N4OS. The average molecular weight is 314 g/mol. The van der Waals surface area contributed by atoms with E-state index in [1.807, 2.05) is 4.40 Å². The third-order valence-electron chi connectivity index (χ3n) is 3.45. The molecule has 2 heterocycles. The van der Waals surface area contributed by atoms with Crippen molar-refractivity contribution in [2.45, 2.75) is 37.6 Å². The van der Waals surface area contributed by atoms with E-state index in [0.29, 0.717) is 5.78 Å². The maximum Gasteiger partial charge on any atom is 0.252 e. The summed E-state index contributed by atoms with van der Waals surface area (Å²) in [5.41, 5.74) is 3.28. The molecular weight excluding hydrogens is 296 g/mol. The number of thioether (sulfide) groups is 1. The Kier molecular flexibility index (Phi) is 4.02. The number of aryl methyl sites for hydroxylation is 1. The first-order chi connectivity index (χ1) is 10.5. The lowest BCUT2D eigenvalue weighted by Gasteiger charge is -2.09. The van der Waals surface area contributed by atoms with Gasteiger partial charge in [0, 0.05) is 17.5 Å². The molecule has 0 aliphatic heterocycles. The van der Waals surface area contributed by atoms with E-state index in [4.69, 9.17) is 0 Å². The molecule has 1 aromatic carbocycles. The van der Waals surface area contributed by atoms with Crippen LogP contribution in [0.25, 0.3) is 5.78 Å². The van der Waals surface area contributed by atoms with Crippen LogP contribution < -0.4 is 5.56 Å². The minimum Gasteiger partial charge on any atom is -0.291 e. The first-order valence-electron chi connectivity index (χ1n) is 7.21. The molecule has 2 aromatic heterocycles. The van der Waals surface area contributed by atoms with Crippen LogP contribution >= 0.6 is 11.8 Å². The van der Waals surface area contributed by atoms with E-state index in [1.165, 1.54) is 11.1 Å². The summed E-state index contributed by atoms with van der Waals surface area (Å²) in [6, 6.07) is 10.0. The fourth-order valence-corrected chi connectivity index (χ4v) is 3.29. The fourth-order valence-electron chi connectivity index (χ4n) is 2.40. The maximum absolute atomic E-state index is 11.7. The summed E-state index contributed by atoms with van der Waals surface area (Å²) in [6.07, 6.45) is 0. The summed E-state index contributed by atoms with van der Waals surface area (Å²) < 4.78 is 1.94. The zero-order valence-corrected chi connectivity index (χ0v) is 13.6. The average Bonchev–Trinajstić information content (AvgIpc) is 2.87. The molecule has 22 heavy (non-hydrogen) atoms. The van der Waals surface area contributed by atoms with Crippen molar-refractivity contribution in [2.24, 2.45) is 0 Å². The van der Waals surface area contributed by atoms with Gasteiger partial charge in [-0.15, -0.1) is 10.2 Å². The van der Waals surface area contributed by atoms with E-state index in [2.05, 4.69) is 60.2 Å². The first kappa shape index (κ1) is 14.8. The Labute approximate surface area is 132 Å². The predicted octanol–water partition coefficient (Wildman–Crippen LogP) is 3.14. The van der Waals surface area contributed by atoms with E-state index in [9.17, 15) is 4.79 Å². The molecule has 5 nitrogen and oxygen atoms in total. The number of nitrogens with one attached hydrogen (secondary N) is 1. The lowest BCUT2D eigenvalue weighted by Crippen LogP contribution is -2.12. The van der Waals surface area contributed by atoms with Crippen molar-refractivity contribution >= 4 is 17.5 Å². The molecule has 0 saturated heterocycles. The summed E-state index contributed by atoms with van der Waals surface area (Å²) in [5, 5.41) is 9.11. The van der Waals surface area contributed by atoms with Crippen molar-refractivity contribution in [3.8, 4) is 0 Å². The summed E-state index contributed by atoms with van der Waals surface area (Å²) in [4.78, 5) is 14.4. The van der Waals surface area contributed by atoms with Crippen molar-refractivity contribution in [3.05, 3.63) is 57.5 Å². The third-order valence-corrected chi connectivity index (χ3v) is 4.45. The van der Waals surface area contributed by atoms with Crippen LogP contribution in [0, 0.1) is 6.92 Å². The molecule has 0 unspecified atom stereocenters. The van der Waals surface area contributed by atoms with E-state index < -0.39 is 0 Å². The largest absolute Gasteiger partial charge is 0.291 e. The quantitative estimate of drug-likeness (QED) is 0.751. The van der Waals surface area contributed by atoms with Gasteiger partial charge in [-0.1, -0.05) is 55.4 Å². The van der Waals surface area contributed by atoms with Gasteiger partial charge in [0.25, 0.3) is 5.56 Å². The second-order valence-corrected chi connectivity index (χ2v) is 6.57. The molecule has 0 fully saturated rings. The monoisotopic (exact) mass is 314 g/mol. The summed E-state index contributed by atoms with van der Waals surface area (Å²) in [7, 11) is 0. The third kappa shape index (κ3) is 2.92. The van der Waals surface area contributed by atoms with E-state index in [0.717, 1.165) is 16.6 Å². The fraction of sp³-hybridized carbons (Fsp3) is 0.312. The maximum atomic E-state index is 11.7. The zero-order valence-electron chi connectivity index (χ0n) is 12.8. The highest BCUT2D eigenvalue weighted by Crippen LogP contribution is 2.24. The van der Waals surface area contributed by atoms with Crippen molar-refractivity contribution in [1.29, 1.82) is 0 Å². The molecule has 0 aliphatic carbocycles. The predicted molar refractivity (Wildman–Crippen MR) is 88.4 cm³/mol. The molecule has 3 aromatic rings. The van der Waals surface area contributed by atoms with E-state index in [1.54, 1.807) is 17.8 Å². The highest BCUT2D eigenvalue weighted by atomic mass is 32.2. The molecule has 6 heteroatoms. The Balaban J connectivity index is 1.96. The molecule has 0 radical (unpaired) electrons. The van der Waals surface area contributed by atoms with Crippen LogP contribution in [0.3, 0.4) is 0 Å². The van der Waals surface area contributed by atoms with Crippen molar-refractivity contribution in [1.82, 2.24) is 19.6 Å². The lowest BCUT2D eigenvalue weighted by molar-refractivity contribution is 0.754. The summed E-state index contributed by atoms with van der Waals surface area (Å²) in [5.74, 6) is 1.54. The van der Waals surface area contributed by atoms with Gasteiger partial charge in [0.15, 0.2) is 5.16 Å². The second-order valence-electron chi connectivity index (χ2n) is 5.63. The number of benzene rings is 1. The summed E-state index contributed by atoms with van der Waals surface area (Å²) >= 11 is 1.62. The number of aromatic amines is 1. The van der Waals surface area contributed by atoms with E-state index >= 15 is 0 Å². The van der Waals surface area contributed by atoms with Gasteiger partial charge >= 0.3 is 0 Å². The van der Waals surface area contributed by atoms with Gasteiger partial charge in [0.1, 0.15) is 0 Å². The number of rotatable bonds is 4. The Morgan fingerprint density at radius 3 is 2.82 bits per heavy atom. The number of nitrogens with zero attached hydrogens (tertiary/aromatic N) is 3. The minimum absolute atomic E-state index is 0.140. The highest BCUT2D eigenvalue weighted by Gasteiger charge is 2.14. The van der Waals surface area contributed by atoms with Crippen LogP contribution in [0.4, 0.5) is 0 Å². The Morgan fingerprint density at radius 2 is 2.09 bits per heavy atom. The van der Waals surface area contributed by atoms with Crippen LogP contribution in [-0.4, -0.2) is 19.6 Å². The van der Waals surface area contributed by atoms with Gasteiger partial charge in [-0.25, -0.2) is 0 Å². The highest BCUT2D eigenvalue weighted by molar-refractivity contribution is 7.98. The number of hydrogen-bond donors (Lipinski definition) is 1. The zero-order chi connectivity index (χ0) is 15.7. The molecule has 0 amide bonds. The second kappa shape index (κ2) is 5.96. The first-order valence-corrected chi connectivity index (χ1v) is 8.20. The molecule has 0 spiro atoms. The smallest absolute Gasteiger partial charge is 0.252 e. The van der Waals surface area contributed by atoms with E-state index in [-0.39, 0.29) is 11.5 Å². The SMILES string of the molecule is Cc1cccc(CSc2nnc3[nH]c(=O)cc(C(C)C)n23)c1. The molecule has 3 rings (SSSR count). The number of hydrogen-bond acceptors (Lipinski definition) is 4.